The molecule has 0 radical (unpaired) electrons. The summed E-state index contributed by atoms with van der Waals surface area (Å²) in [6, 6.07) is 21.7. The molecule has 2 aromatic heterocycles. The van der Waals surface area contributed by atoms with Crippen molar-refractivity contribution in [2.45, 2.75) is 0 Å². The van der Waals surface area contributed by atoms with Gasteiger partial charge in [0.2, 0.25) is 11.7 Å². The average molecular weight is 422 g/mol. The van der Waals surface area contributed by atoms with Crippen LogP contribution in [-0.2, 0) is 0 Å². The Bertz CT molecular complexity index is 1410. The lowest BCUT2D eigenvalue weighted by atomic mass is 10.2. The third-order valence-electron chi connectivity index (χ3n) is 4.53. The molecule has 8 heteroatoms. The highest BCUT2D eigenvalue weighted by Crippen LogP contribution is 2.24. The Morgan fingerprint density at radius 2 is 1.48 bits per heavy atom. The van der Waals surface area contributed by atoms with E-state index in [1.807, 2.05) is 36.4 Å². The van der Waals surface area contributed by atoms with E-state index in [9.17, 15) is 4.79 Å². The zero-order chi connectivity index (χ0) is 20.0. The zero-order valence-corrected chi connectivity index (χ0v) is 16.4. The van der Waals surface area contributed by atoms with E-state index in [1.165, 1.54) is 4.52 Å². The number of aromatic nitrogens is 4. The monoisotopic (exact) mass is 421 g/mol. The van der Waals surface area contributed by atoms with E-state index < -0.39 is 0 Å². The van der Waals surface area contributed by atoms with Crippen molar-refractivity contribution in [3.05, 3.63) is 93.2 Å². The molecule has 2 heterocycles. The summed E-state index contributed by atoms with van der Waals surface area (Å²) in [5.74, 6) is 0.835. The molecule has 1 N–H and O–H groups in total. The maximum absolute atomic E-state index is 13.0. The summed E-state index contributed by atoms with van der Waals surface area (Å²) in [6.07, 6.45) is 0. The number of hydrogen-bond acceptors (Lipinski definition) is 4. The van der Waals surface area contributed by atoms with E-state index in [-0.39, 0.29) is 5.56 Å². The second kappa shape index (κ2) is 6.92. The molecule has 0 saturated carbocycles. The number of para-hydroxylation sites is 1. The molecule has 6 nitrogen and oxygen atoms in total. The number of fused-ring (bicyclic) bond motifs is 2. The highest BCUT2D eigenvalue weighted by atomic mass is 35.5. The van der Waals surface area contributed by atoms with Crippen molar-refractivity contribution >= 4 is 51.5 Å². The van der Waals surface area contributed by atoms with Gasteiger partial charge in [0.15, 0.2) is 0 Å². The maximum atomic E-state index is 13.0. The largest absolute Gasteiger partial charge is 0.324 e. The van der Waals surface area contributed by atoms with Crippen molar-refractivity contribution < 1.29 is 0 Å². The standard InChI is InChI=1S/C21H13Cl2N5O/c22-13-5-9-15(10-6-13)24-20-26-28-19(29)17-3-1-2-4-18(17)25-21(28)27(20)16-11-7-14(23)8-12-16/h1-12H,(H,24,26). The van der Waals surface area contributed by atoms with E-state index >= 15 is 0 Å². The van der Waals surface area contributed by atoms with Crippen LogP contribution in [0.5, 0.6) is 0 Å². The summed E-state index contributed by atoms with van der Waals surface area (Å²) in [6.45, 7) is 0. The number of benzene rings is 3. The number of rotatable bonds is 3. The second-order valence-electron chi connectivity index (χ2n) is 6.41. The minimum atomic E-state index is -0.238. The number of hydrogen-bond donors (Lipinski definition) is 1. The molecule has 0 bridgehead atoms. The SMILES string of the molecule is O=c1c2ccccc2nc2n(-c3ccc(Cl)cc3)c(Nc3ccc(Cl)cc3)nn12. The lowest BCUT2D eigenvalue weighted by Gasteiger charge is -2.10. The van der Waals surface area contributed by atoms with Gasteiger partial charge in [-0.05, 0) is 60.7 Å². The number of halogens is 2. The summed E-state index contributed by atoms with van der Waals surface area (Å²) in [7, 11) is 0. The van der Waals surface area contributed by atoms with Crippen molar-refractivity contribution in [1.29, 1.82) is 0 Å². The van der Waals surface area contributed by atoms with E-state index in [2.05, 4.69) is 15.4 Å². The van der Waals surface area contributed by atoms with Crippen LogP contribution >= 0.6 is 23.2 Å². The van der Waals surface area contributed by atoms with Gasteiger partial charge in [-0.2, -0.15) is 4.52 Å². The molecule has 3 aromatic carbocycles. The lowest BCUT2D eigenvalue weighted by molar-refractivity contribution is 0.917. The fraction of sp³-hybridized carbons (Fsp3) is 0. The minimum absolute atomic E-state index is 0.238. The Kier molecular flexibility index (Phi) is 4.23. The Morgan fingerprint density at radius 1 is 0.828 bits per heavy atom. The predicted molar refractivity (Wildman–Crippen MR) is 116 cm³/mol. The van der Waals surface area contributed by atoms with Crippen molar-refractivity contribution in [3.63, 3.8) is 0 Å². The molecule has 0 fully saturated rings. The molecule has 5 aromatic rings. The Labute approximate surface area is 175 Å². The first-order chi connectivity index (χ1) is 14.1. The molecule has 0 aliphatic carbocycles. The number of nitrogens with zero attached hydrogens (tertiary/aromatic N) is 4. The van der Waals surface area contributed by atoms with Gasteiger partial charge in [-0.3, -0.25) is 4.79 Å². The van der Waals surface area contributed by atoms with E-state index in [0.717, 1.165) is 11.4 Å². The lowest BCUT2D eigenvalue weighted by Crippen LogP contribution is -2.16. The smallest absolute Gasteiger partial charge is 0.283 e. The van der Waals surface area contributed by atoms with E-state index in [1.54, 1.807) is 41.0 Å². The van der Waals surface area contributed by atoms with Gasteiger partial charge in [0.1, 0.15) is 0 Å². The third-order valence-corrected chi connectivity index (χ3v) is 5.03. The van der Waals surface area contributed by atoms with Crippen LogP contribution in [-0.4, -0.2) is 19.2 Å². The topological polar surface area (TPSA) is 64.2 Å². The number of nitrogens with one attached hydrogen (secondary N) is 1. The van der Waals surface area contributed by atoms with Gasteiger partial charge in [-0.25, -0.2) is 9.55 Å². The van der Waals surface area contributed by atoms with Crippen LogP contribution in [0.4, 0.5) is 11.6 Å². The summed E-state index contributed by atoms with van der Waals surface area (Å²) < 4.78 is 3.08. The van der Waals surface area contributed by atoms with E-state index in [0.29, 0.717) is 32.7 Å². The normalized spacial score (nSPS) is 11.2. The molecule has 0 unspecified atom stereocenters. The summed E-state index contributed by atoms with van der Waals surface area (Å²) in [5.41, 5.74) is 1.91. The molecule has 0 aliphatic heterocycles. The Balaban J connectivity index is 1.80. The highest BCUT2D eigenvalue weighted by molar-refractivity contribution is 6.30. The van der Waals surface area contributed by atoms with Gasteiger partial charge in [0.25, 0.3) is 5.56 Å². The van der Waals surface area contributed by atoms with Gasteiger partial charge in [0.05, 0.1) is 16.6 Å². The first-order valence-corrected chi connectivity index (χ1v) is 9.55. The first-order valence-electron chi connectivity index (χ1n) is 8.79. The second-order valence-corrected chi connectivity index (χ2v) is 7.29. The fourth-order valence-corrected chi connectivity index (χ4v) is 3.40. The molecule has 29 heavy (non-hydrogen) atoms. The van der Waals surface area contributed by atoms with Crippen molar-refractivity contribution in [1.82, 2.24) is 19.2 Å². The summed E-state index contributed by atoms with van der Waals surface area (Å²) in [4.78, 5) is 17.7. The van der Waals surface area contributed by atoms with Crippen LogP contribution in [0.1, 0.15) is 0 Å². The molecule has 0 spiro atoms. The fourth-order valence-electron chi connectivity index (χ4n) is 3.15. The quantitative estimate of drug-likeness (QED) is 0.440. The zero-order valence-electron chi connectivity index (χ0n) is 14.9. The van der Waals surface area contributed by atoms with Crippen LogP contribution in [0.3, 0.4) is 0 Å². The number of anilines is 2. The van der Waals surface area contributed by atoms with Crippen molar-refractivity contribution in [3.8, 4) is 5.69 Å². The van der Waals surface area contributed by atoms with Gasteiger partial charge in [-0.1, -0.05) is 35.3 Å². The van der Waals surface area contributed by atoms with E-state index in [4.69, 9.17) is 23.2 Å². The van der Waals surface area contributed by atoms with Gasteiger partial charge < -0.3 is 5.32 Å². The summed E-state index contributed by atoms with van der Waals surface area (Å²) in [5, 5.41) is 9.50. The summed E-state index contributed by atoms with van der Waals surface area (Å²) >= 11 is 12.0. The molecule has 0 aliphatic rings. The predicted octanol–water partition coefficient (Wildman–Crippen LogP) is 5.08. The molecular weight excluding hydrogens is 409 g/mol. The third kappa shape index (κ3) is 3.12. The molecule has 0 atom stereocenters. The average Bonchev–Trinajstić information content (AvgIpc) is 3.09. The molecule has 142 valence electrons. The first kappa shape index (κ1) is 17.7. The maximum Gasteiger partial charge on any atom is 0.283 e. The van der Waals surface area contributed by atoms with Crippen LogP contribution < -0.4 is 10.9 Å². The minimum Gasteiger partial charge on any atom is -0.324 e. The highest BCUT2D eigenvalue weighted by Gasteiger charge is 2.17. The van der Waals surface area contributed by atoms with Crippen molar-refractivity contribution in [2.24, 2.45) is 0 Å². The van der Waals surface area contributed by atoms with Crippen LogP contribution in [0, 0.1) is 0 Å². The van der Waals surface area contributed by atoms with Gasteiger partial charge in [0, 0.05) is 15.7 Å². The molecule has 0 saturated heterocycles. The van der Waals surface area contributed by atoms with Crippen LogP contribution in [0.15, 0.2) is 77.6 Å². The molecule has 0 amide bonds. The van der Waals surface area contributed by atoms with Crippen LogP contribution in [0.25, 0.3) is 22.4 Å². The van der Waals surface area contributed by atoms with Gasteiger partial charge in [-0.15, -0.1) is 5.10 Å². The van der Waals surface area contributed by atoms with Crippen molar-refractivity contribution in [2.75, 3.05) is 5.32 Å². The Hall–Kier alpha value is -3.35. The van der Waals surface area contributed by atoms with Gasteiger partial charge >= 0.3 is 0 Å². The Morgan fingerprint density at radius 3 is 2.21 bits per heavy atom. The molecular formula is C21H13Cl2N5O. The molecule has 5 rings (SSSR count). The van der Waals surface area contributed by atoms with Crippen LogP contribution in [0.2, 0.25) is 10.0 Å².